The lowest BCUT2D eigenvalue weighted by molar-refractivity contribution is 0.639. The highest BCUT2D eigenvalue weighted by molar-refractivity contribution is 6.31. The monoisotopic (exact) mass is 235 g/mol. The number of fused-ring (bicyclic) bond motifs is 1. The van der Waals surface area contributed by atoms with Crippen LogP contribution in [0, 0.1) is 0 Å². The largest absolute Gasteiger partial charge is 0.310 e. The summed E-state index contributed by atoms with van der Waals surface area (Å²) in [4.78, 5) is 0. The van der Waals surface area contributed by atoms with Crippen molar-refractivity contribution in [3.63, 3.8) is 0 Å². The van der Waals surface area contributed by atoms with E-state index in [0.717, 1.165) is 11.6 Å². The molecule has 1 aliphatic carbocycles. The molecule has 1 aliphatic heterocycles. The summed E-state index contributed by atoms with van der Waals surface area (Å²) in [6.45, 7) is 1.14. The average molecular weight is 236 g/mol. The van der Waals surface area contributed by atoms with Crippen LogP contribution in [0.15, 0.2) is 12.1 Å². The average Bonchev–Trinajstić information content (AvgIpc) is 2.81. The van der Waals surface area contributed by atoms with Crippen molar-refractivity contribution in [3.05, 3.63) is 33.8 Å². The topological polar surface area (TPSA) is 12.0 Å². The van der Waals surface area contributed by atoms with Crippen molar-refractivity contribution in [2.45, 2.75) is 44.6 Å². The van der Waals surface area contributed by atoms with E-state index < -0.39 is 0 Å². The third-order valence-corrected chi connectivity index (χ3v) is 4.22. The van der Waals surface area contributed by atoms with Crippen LogP contribution in [0.25, 0.3) is 0 Å². The Morgan fingerprint density at radius 2 is 1.81 bits per heavy atom. The van der Waals surface area contributed by atoms with Gasteiger partial charge in [0.25, 0.3) is 0 Å². The molecule has 1 atom stereocenters. The molecule has 2 aliphatic rings. The Morgan fingerprint density at radius 3 is 2.50 bits per heavy atom. The van der Waals surface area contributed by atoms with E-state index in [1.165, 1.54) is 49.7 Å². The lowest BCUT2D eigenvalue weighted by Crippen LogP contribution is -2.14. The van der Waals surface area contributed by atoms with E-state index in [2.05, 4.69) is 17.4 Å². The number of halogens is 1. The van der Waals surface area contributed by atoms with Crippen LogP contribution < -0.4 is 5.32 Å². The van der Waals surface area contributed by atoms with Gasteiger partial charge in [0.05, 0.1) is 0 Å². The third kappa shape index (κ3) is 1.87. The van der Waals surface area contributed by atoms with Crippen molar-refractivity contribution in [2.75, 3.05) is 6.54 Å². The molecule has 2 heteroatoms. The SMILES string of the molecule is Clc1cc2c(cc1[C@@H]1CCCN1)CCCC2. The molecule has 0 saturated carbocycles. The van der Waals surface area contributed by atoms with E-state index in [4.69, 9.17) is 11.6 Å². The van der Waals surface area contributed by atoms with Crippen molar-refractivity contribution < 1.29 is 0 Å². The van der Waals surface area contributed by atoms with Gasteiger partial charge in [-0.15, -0.1) is 0 Å². The normalized spacial score (nSPS) is 24.4. The summed E-state index contributed by atoms with van der Waals surface area (Å²) >= 11 is 6.40. The van der Waals surface area contributed by atoms with Crippen LogP contribution in [0.4, 0.5) is 0 Å². The van der Waals surface area contributed by atoms with Crippen LogP contribution in [0.3, 0.4) is 0 Å². The highest BCUT2D eigenvalue weighted by Gasteiger charge is 2.21. The summed E-state index contributed by atoms with van der Waals surface area (Å²) in [6.07, 6.45) is 7.63. The van der Waals surface area contributed by atoms with Crippen molar-refractivity contribution in [1.82, 2.24) is 5.32 Å². The molecule has 1 aromatic rings. The van der Waals surface area contributed by atoms with E-state index in [9.17, 15) is 0 Å². The minimum Gasteiger partial charge on any atom is -0.310 e. The first-order valence-electron chi connectivity index (χ1n) is 6.39. The zero-order valence-electron chi connectivity index (χ0n) is 9.56. The fraction of sp³-hybridized carbons (Fsp3) is 0.571. The number of hydrogen-bond acceptors (Lipinski definition) is 1. The molecule has 0 spiro atoms. The van der Waals surface area contributed by atoms with E-state index in [-0.39, 0.29) is 0 Å². The molecule has 1 saturated heterocycles. The Labute approximate surface area is 102 Å². The van der Waals surface area contributed by atoms with Crippen LogP contribution in [-0.2, 0) is 12.8 Å². The number of aryl methyl sites for hydroxylation is 2. The van der Waals surface area contributed by atoms with E-state index in [1.807, 2.05) is 0 Å². The predicted octanol–water partition coefficient (Wildman–Crippen LogP) is 3.64. The Kier molecular flexibility index (Phi) is 2.91. The summed E-state index contributed by atoms with van der Waals surface area (Å²) in [7, 11) is 0. The molecule has 3 rings (SSSR count). The van der Waals surface area contributed by atoms with Gasteiger partial charge in [0.15, 0.2) is 0 Å². The zero-order valence-corrected chi connectivity index (χ0v) is 10.3. The summed E-state index contributed by atoms with van der Waals surface area (Å²) in [6, 6.07) is 5.07. The molecular formula is C14H18ClN. The summed E-state index contributed by atoms with van der Waals surface area (Å²) < 4.78 is 0. The molecule has 0 unspecified atom stereocenters. The molecule has 0 amide bonds. The summed E-state index contributed by atoms with van der Waals surface area (Å²) in [5.74, 6) is 0. The third-order valence-electron chi connectivity index (χ3n) is 3.90. The Balaban J connectivity index is 1.98. The molecule has 86 valence electrons. The molecular weight excluding hydrogens is 218 g/mol. The van der Waals surface area contributed by atoms with Crippen LogP contribution in [-0.4, -0.2) is 6.54 Å². The van der Waals surface area contributed by atoms with Gasteiger partial charge in [-0.2, -0.15) is 0 Å². The Hall–Kier alpha value is -0.530. The van der Waals surface area contributed by atoms with Gasteiger partial charge in [-0.05, 0) is 67.8 Å². The quantitative estimate of drug-likeness (QED) is 0.784. The zero-order chi connectivity index (χ0) is 11.0. The molecule has 0 radical (unpaired) electrons. The first-order valence-corrected chi connectivity index (χ1v) is 6.77. The molecule has 0 bridgehead atoms. The van der Waals surface area contributed by atoms with Crippen molar-refractivity contribution >= 4 is 11.6 Å². The van der Waals surface area contributed by atoms with Crippen LogP contribution >= 0.6 is 11.6 Å². The van der Waals surface area contributed by atoms with Crippen molar-refractivity contribution in [3.8, 4) is 0 Å². The maximum absolute atomic E-state index is 6.40. The van der Waals surface area contributed by atoms with Gasteiger partial charge in [-0.3, -0.25) is 0 Å². The van der Waals surface area contributed by atoms with Crippen LogP contribution in [0.1, 0.15) is 48.4 Å². The standard InChI is InChI=1S/C14H18ClN/c15-13-9-11-5-2-1-4-10(11)8-12(13)14-6-3-7-16-14/h8-9,14,16H,1-7H2/t14-/m0/s1. The highest BCUT2D eigenvalue weighted by atomic mass is 35.5. The predicted molar refractivity (Wildman–Crippen MR) is 68.1 cm³/mol. The summed E-state index contributed by atoms with van der Waals surface area (Å²) in [5, 5.41) is 4.51. The molecule has 1 N–H and O–H groups in total. The van der Waals surface area contributed by atoms with Gasteiger partial charge < -0.3 is 5.32 Å². The smallest absolute Gasteiger partial charge is 0.0456 e. The van der Waals surface area contributed by atoms with Gasteiger partial charge in [0.1, 0.15) is 0 Å². The fourth-order valence-electron chi connectivity index (χ4n) is 2.99. The van der Waals surface area contributed by atoms with Gasteiger partial charge in [0.2, 0.25) is 0 Å². The molecule has 0 aromatic heterocycles. The van der Waals surface area contributed by atoms with Gasteiger partial charge in [0, 0.05) is 11.1 Å². The van der Waals surface area contributed by atoms with Gasteiger partial charge in [-0.1, -0.05) is 17.7 Å². The van der Waals surface area contributed by atoms with E-state index in [1.54, 1.807) is 5.56 Å². The minimum absolute atomic E-state index is 0.500. The molecule has 1 heterocycles. The van der Waals surface area contributed by atoms with E-state index >= 15 is 0 Å². The number of benzene rings is 1. The van der Waals surface area contributed by atoms with Gasteiger partial charge >= 0.3 is 0 Å². The maximum Gasteiger partial charge on any atom is 0.0456 e. The lowest BCUT2D eigenvalue weighted by atomic mass is 9.89. The number of hydrogen-bond donors (Lipinski definition) is 1. The number of rotatable bonds is 1. The maximum atomic E-state index is 6.40. The van der Waals surface area contributed by atoms with Crippen molar-refractivity contribution in [1.29, 1.82) is 0 Å². The Bertz CT molecular complexity index is 394. The molecule has 1 aromatic carbocycles. The molecule has 16 heavy (non-hydrogen) atoms. The van der Waals surface area contributed by atoms with Crippen LogP contribution in [0.2, 0.25) is 5.02 Å². The lowest BCUT2D eigenvalue weighted by Gasteiger charge is -2.20. The second-order valence-electron chi connectivity index (χ2n) is 5.00. The molecule has 1 nitrogen and oxygen atoms in total. The second kappa shape index (κ2) is 4.38. The second-order valence-corrected chi connectivity index (χ2v) is 5.41. The summed E-state index contributed by atoms with van der Waals surface area (Å²) in [5.41, 5.74) is 4.36. The molecule has 1 fully saturated rings. The minimum atomic E-state index is 0.500. The first-order chi connectivity index (χ1) is 7.84. The van der Waals surface area contributed by atoms with Gasteiger partial charge in [-0.25, -0.2) is 0 Å². The van der Waals surface area contributed by atoms with Crippen LogP contribution in [0.5, 0.6) is 0 Å². The van der Waals surface area contributed by atoms with Crippen molar-refractivity contribution in [2.24, 2.45) is 0 Å². The highest BCUT2D eigenvalue weighted by Crippen LogP contribution is 2.33. The number of nitrogens with one attached hydrogen (secondary N) is 1. The Morgan fingerprint density at radius 1 is 1.06 bits per heavy atom. The fourth-order valence-corrected chi connectivity index (χ4v) is 3.31. The van der Waals surface area contributed by atoms with E-state index in [0.29, 0.717) is 6.04 Å². The first kappa shape index (κ1) is 10.6.